The Morgan fingerprint density at radius 3 is 2.23 bits per heavy atom. The van der Waals surface area contributed by atoms with Crippen LogP contribution in [0.4, 0.5) is 0 Å². The van der Waals surface area contributed by atoms with Gasteiger partial charge in [0.1, 0.15) is 0 Å². The number of hydrogen-bond acceptors (Lipinski definition) is 4. The molecule has 1 aliphatic carbocycles. The maximum atomic E-state index is 13.2. The monoisotopic (exact) mass is 447 g/mol. The highest BCUT2D eigenvalue weighted by atomic mass is 32.2. The summed E-state index contributed by atoms with van der Waals surface area (Å²) in [5.74, 6) is 1.02. The lowest BCUT2D eigenvalue weighted by atomic mass is 9.89. The van der Waals surface area contributed by atoms with Crippen molar-refractivity contribution in [3.05, 3.63) is 30.3 Å². The third-order valence-electron chi connectivity index (χ3n) is 7.33. The molecule has 6 nitrogen and oxygen atoms in total. The van der Waals surface area contributed by atoms with Crippen molar-refractivity contribution in [2.75, 3.05) is 45.8 Å². The molecule has 0 unspecified atom stereocenters. The lowest BCUT2D eigenvalue weighted by molar-refractivity contribution is -0.136. The number of rotatable bonds is 5. The highest BCUT2D eigenvalue weighted by molar-refractivity contribution is 7.89. The maximum absolute atomic E-state index is 13.2. The minimum Gasteiger partial charge on any atom is -0.341 e. The van der Waals surface area contributed by atoms with Gasteiger partial charge in [-0.2, -0.15) is 4.31 Å². The van der Waals surface area contributed by atoms with Gasteiger partial charge in [-0.1, -0.05) is 37.5 Å². The van der Waals surface area contributed by atoms with Crippen LogP contribution in [0.2, 0.25) is 0 Å². The number of sulfonamides is 1. The standard InChI is InChI=1S/C24H37N3O3S/c28-24(26-15-7-14-25(18-19-26)20-21-8-3-1-4-9-21)22-12-16-27(17-13-22)31(29,30)23-10-5-2-6-11-23/h2,5-6,10-11,21-22H,1,3-4,7-9,12-20H2. The molecule has 0 radical (unpaired) electrons. The molecular formula is C24H37N3O3S. The molecule has 4 rings (SSSR count). The van der Waals surface area contributed by atoms with E-state index in [1.807, 2.05) is 11.0 Å². The molecule has 0 aromatic heterocycles. The third-order valence-corrected chi connectivity index (χ3v) is 9.24. The molecule has 31 heavy (non-hydrogen) atoms. The van der Waals surface area contributed by atoms with Crippen molar-refractivity contribution < 1.29 is 13.2 Å². The fourth-order valence-electron chi connectivity index (χ4n) is 5.45. The van der Waals surface area contributed by atoms with Crippen molar-refractivity contribution in [3.8, 4) is 0 Å². The summed E-state index contributed by atoms with van der Waals surface area (Å²) in [6.07, 6.45) is 9.15. The third kappa shape index (κ3) is 5.68. The summed E-state index contributed by atoms with van der Waals surface area (Å²) in [6, 6.07) is 8.60. The molecule has 2 heterocycles. The molecule has 1 amide bonds. The van der Waals surface area contributed by atoms with Gasteiger partial charge in [-0.25, -0.2) is 8.42 Å². The quantitative estimate of drug-likeness (QED) is 0.695. The minimum absolute atomic E-state index is 0.0490. The van der Waals surface area contributed by atoms with E-state index in [0.717, 1.165) is 38.5 Å². The summed E-state index contributed by atoms with van der Waals surface area (Å²) in [7, 11) is -3.46. The van der Waals surface area contributed by atoms with E-state index in [2.05, 4.69) is 4.90 Å². The lowest BCUT2D eigenvalue weighted by Gasteiger charge is -2.33. The summed E-state index contributed by atoms with van der Waals surface area (Å²) >= 11 is 0. The topological polar surface area (TPSA) is 60.9 Å². The number of carbonyl (C=O) groups excluding carboxylic acids is 1. The Bertz CT molecular complexity index is 816. The average molecular weight is 448 g/mol. The fourth-order valence-corrected chi connectivity index (χ4v) is 6.94. The average Bonchev–Trinajstić information content (AvgIpc) is 3.05. The van der Waals surface area contributed by atoms with Crippen LogP contribution in [0, 0.1) is 11.8 Å². The number of nitrogens with zero attached hydrogens (tertiary/aromatic N) is 3. The van der Waals surface area contributed by atoms with Gasteiger partial charge >= 0.3 is 0 Å². The Hall–Kier alpha value is -1.44. The fraction of sp³-hybridized carbons (Fsp3) is 0.708. The van der Waals surface area contributed by atoms with Gasteiger partial charge < -0.3 is 9.80 Å². The smallest absolute Gasteiger partial charge is 0.243 e. The summed E-state index contributed by atoms with van der Waals surface area (Å²) in [4.78, 5) is 18.1. The van der Waals surface area contributed by atoms with Gasteiger partial charge in [0.25, 0.3) is 0 Å². The predicted octanol–water partition coefficient (Wildman–Crippen LogP) is 3.20. The molecule has 7 heteroatoms. The van der Waals surface area contributed by atoms with Crippen LogP contribution in [-0.4, -0.2) is 74.2 Å². The van der Waals surface area contributed by atoms with Gasteiger partial charge in [0.15, 0.2) is 0 Å². The van der Waals surface area contributed by atoms with Gasteiger partial charge in [0.05, 0.1) is 4.90 Å². The van der Waals surface area contributed by atoms with E-state index in [1.165, 1.54) is 38.6 Å². The van der Waals surface area contributed by atoms with Crippen LogP contribution in [0.15, 0.2) is 35.2 Å². The van der Waals surface area contributed by atoms with Gasteiger partial charge in [0, 0.05) is 45.2 Å². The molecule has 3 fully saturated rings. The SMILES string of the molecule is O=C(C1CCN(S(=O)(=O)c2ccccc2)CC1)N1CCCN(CC2CCCCC2)CC1. The molecule has 3 aliphatic rings. The van der Waals surface area contributed by atoms with Crippen LogP contribution in [0.25, 0.3) is 0 Å². The van der Waals surface area contributed by atoms with E-state index >= 15 is 0 Å². The molecule has 0 atom stereocenters. The molecule has 2 saturated heterocycles. The van der Waals surface area contributed by atoms with Gasteiger partial charge in [-0.15, -0.1) is 0 Å². The van der Waals surface area contributed by atoms with Crippen molar-refractivity contribution in [1.82, 2.24) is 14.1 Å². The molecule has 0 N–H and O–H groups in total. The molecule has 1 aromatic rings. The van der Waals surface area contributed by atoms with E-state index in [-0.39, 0.29) is 11.8 Å². The first-order valence-corrected chi connectivity index (χ1v) is 13.5. The van der Waals surface area contributed by atoms with Crippen LogP contribution in [-0.2, 0) is 14.8 Å². The molecule has 0 bridgehead atoms. The van der Waals surface area contributed by atoms with E-state index < -0.39 is 10.0 Å². The second-order valence-corrected chi connectivity index (χ2v) is 11.4. The second kappa shape index (κ2) is 10.5. The highest BCUT2D eigenvalue weighted by Crippen LogP contribution is 2.27. The number of piperidine rings is 1. The highest BCUT2D eigenvalue weighted by Gasteiger charge is 2.34. The predicted molar refractivity (Wildman–Crippen MR) is 122 cm³/mol. The van der Waals surface area contributed by atoms with Crippen molar-refractivity contribution in [2.45, 2.75) is 56.3 Å². The number of carbonyl (C=O) groups is 1. The van der Waals surface area contributed by atoms with E-state index in [0.29, 0.717) is 30.8 Å². The van der Waals surface area contributed by atoms with Crippen molar-refractivity contribution in [3.63, 3.8) is 0 Å². The largest absolute Gasteiger partial charge is 0.341 e. The van der Waals surface area contributed by atoms with Crippen molar-refractivity contribution >= 4 is 15.9 Å². The van der Waals surface area contributed by atoms with E-state index in [9.17, 15) is 13.2 Å². The first-order valence-electron chi connectivity index (χ1n) is 12.1. The number of hydrogen-bond donors (Lipinski definition) is 0. The Morgan fingerprint density at radius 2 is 1.52 bits per heavy atom. The van der Waals surface area contributed by atoms with Crippen LogP contribution in [0.1, 0.15) is 51.4 Å². The Kier molecular flexibility index (Phi) is 7.67. The molecular weight excluding hydrogens is 410 g/mol. The van der Waals surface area contributed by atoms with Crippen molar-refractivity contribution in [2.24, 2.45) is 11.8 Å². The Morgan fingerprint density at radius 1 is 0.806 bits per heavy atom. The van der Waals surface area contributed by atoms with Crippen LogP contribution in [0.5, 0.6) is 0 Å². The zero-order chi connectivity index (χ0) is 21.7. The van der Waals surface area contributed by atoms with E-state index in [4.69, 9.17) is 0 Å². The summed E-state index contributed by atoms with van der Waals surface area (Å²) < 4.78 is 27.2. The van der Waals surface area contributed by atoms with Gasteiger partial charge in [-0.05, 0) is 56.7 Å². The number of amides is 1. The zero-order valence-corrected chi connectivity index (χ0v) is 19.4. The molecule has 172 valence electrons. The minimum atomic E-state index is -3.46. The van der Waals surface area contributed by atoms with Crippen LogP contribution < -0.4 is 0 Å². The number of benzene rings is 1. The van der Waals surface area contributed by atoms with Crippen LogP contribution >= 0.6 is 0 Å². The Balaban J connectivity index is 1.27. The second-order valence-electron chi connectivity index (χ2n) is 9.47. The molecule has 0 spiro atoms. The molecule has 2 aliphatic heterocycles. The summed E-state index contributed by atoms with van der Waals surface area (Å²) in [5.41, 5.74) is 0. The molecule has 1 aromatic carbocycles. The molecule has 1 saturated carbocycles. The summed E-state index contributed by atoms with van der Waals surface area (Å²) in [5, 5.41) is 0. The maximum Gasteiger partial charge on any atom is 0.243 e. The normalized spacial score (nSPS) is 23.5. The van der Waals surface area contributed by atoms with Crippen molar-refractivity contribution in [1.29, 1.82) is 0 Å². The lowest BCUT2D eigenvalue weighted by Crippen LogP contribution is -2.45. The zero-order valence-electron chi connectivity index (χ0n) is 18.6. The first-order chi connectivity index (χ1) is 15.0. The first kappa shape index (κ1) is 22.7. The van der Waals surface area contributed by atoms with Gasteiger partial charge in [0.2, 0.25) is 15.9 Å². The van der Waals surface area contributed by atoms with Crippen LogP contribution in [0.3, 0.4) is 0 Å². The summed E-state index contributed by atoms with van der Waals surface area (Å²) in [6.45, 7) is 5.76. The van der Waals surface area contributed by atoms with Gasteiger partial charge in [-0.3, -0.25) is 4.79 Å². The Labute approximate surface area is 187 Å². The van der Waals surface area contributed by atoms with E-state index in [1.54, 1.807) is 28.6 Å².